The van der Waals surface area contributed by atoms with Crippen LogP contribution in [0.15, 0.2) is 24.3 Å². The number of carbonyl (C=O) groups is 3. The van der Waals surface area contributed by atoms with E-state index in [0.717, 1.165) is 0 Å². The molecule has 5 nitrogen and oxygen atoms in total. The first-order valence-electron chi connectivity index (χ1n) is 5.78. The first-order chi connectivity index (χ1) is 8.54. The van der Waals surface area contributed by atoms with Crippen LogP contribution in [0.25, 0.3) is 0 Å². The van der Waals surface area contributed by atoms with Gasteiger partial charge in [0.15, 0.2) is 0 Å². The molecule has 3 amide bonds. The highest BCUT2D eigenvalue weighted by Crippen LogP contribution is 2.29. The topological polar surface area (TPSA) is 80.5 Å². The number of likely N-dealkylation sites (tertiary alicyclic amines) is 1. The molecule has 1 atom stereocenters. The highest BCUT2D eigenvalue weighted by Gasteiger charge is 2.38. The lowest BCUT2D eigenvalue weighted by Gasteiger charge is -2.12. The van der Waals surface area contributed by atoms with Crippen LogP contribution in [0.3, 0.4) is 0 Å². The van der Waals surface area contributed by atoms with Crippen molar-refractivity contribution in [3.63, 3.8) is 0 Å². The predicted octanol–water partition coefficient (Wildman–Crippen LogP) is 0.648. The molecule has 5 heteroatoms. The van der Waals surface area contributed by atoms with Gasteiger partial charge in [-0.05, 0) is 24.6 Å². The third kappa shape index (κ3) is 1.99. The molecule has 1 unspecified atom stereocenters. The van der Waals surface area contributed by atoms with Crippen molar-refractivity contribution in [1.82, 2.24) is 4.90 Å². The van der Waals surface area contributed by atoms with Gasteiger partial charge in [0.2, 0.25) is 17.7 Å². The third-order valence-electron chi connectivity index (χ3n) is 3.13. The summed E-state index contributed by atoms with van der Waals surface area (Å²) in [5.41, 5.74) is 6.21. The van der Waals surface area contributed by atoms with E-state index in [-0.39, 0.29) is 18.2 Å². The highest BCUT2D eigenvalue weighted by molar-refractivity contribution is 6.06. The number of imide groups is 1. The Morgan fingerprint density at radius 1 is 1.44 bits per heavy atom. The van der Waals surface area contributed by atoms with Gasteiger partial charge in [0.05, 0.1) is 5.92 Å². The summed E-state index contributed by atoms with van der Waals surface area (Å²) < 4.78 is 0. The Morgan fingerprint density at radius 2 is 2.17 bits per heavy atom. The molecule has 2 rings (SSSR count). The maximum atomic E-state index is 12.0. The number of hydrogen-bond acceptors (Lipinski definition) is 3. The molecule has 2 N–H and O–H groups in total. The Morgan fingerprint density at radius 3 is 2.72 bits per heavy atom. The molecular weight excluding hydrogens is 232 g/mol. The van der Waals surface area contributed by atoms with Gasteiger partial charge < -0.3 is 5.73 Å². The zero-order valence-corrected chi connectivity index (χ0v) is 10.1. The van der Waals surface area contributed by atoms with Crippen molar-refractivity contribution in [3.8, 4) is 0 Å². The minimum Gasteiger partial charge on any atom is -0.366 e. The number of nitrogens with zero attached hydrogens (tertiary/aromatic N) is 1. The van der Waals surface area contributed by atoms with E-state index in [4.69, 9.17) is 5.73 Å². The van der Waals surface area contributed by atoms with Crippen LogP contribution in [0.1, 0.15) is 35.2 Å². The van der Waals surface area contributed by atoms with E-state index in [1.54, 1.807) is 31.2 Å². The van der Waals surface area contributed by atoms with E-state index in [9.17, 15) is 14.4 Å². The fraction of sp³-hybridized carbons (Fsp3) is 0.308. The van der Waals surface area contributed by atoms with Gasteiger partial charge in [0.1, 0.15) is 0 Å². The number of amides is 3. The Bertz CT molecular complexity index is 525. The van der Waals surface area contributed by atoms with Crippen LogP contribution in [-0.2, 0) is 9.59 Å². The molecule has 94 valence electrons. The first kappa shape index (κ1) is 12.3. The van der Waals surface area contributed by atoms with Crippen molar-refractivity contribution in [2.45, 2.75) is 19.3 Å². The molecule has 0 aliphatic carbocycles. The van der Waals surface area contributed by atoms with Crippen molar-refractivity contribution in [2.75, 3.05) is 6.54 Å². The summed E-state index contributed by atoms with van der Waals surface area (Å²) in [4.78, 5) is 36.0. The summed E-state index contributed by atoms with van der Waals surface area (Å²) in [6, 6.07) is 6.57. The average molecular weight is 246 g/mol. The number of likely N-dealkylation sites (N-methyl/N-ethyl adjacent to an activating group) is 1. The molecule has 0 bridgehead atoms. The SMILES string of the molecule is CCN1C(=O)CC(c2cccc(C(N)=O)c2)C1=O. The quantitative estimate of drug-likeness (QED) is 0.795. The lowest BCUT2D eigenvalue weighted by molar-refractivity contribution is -0.138. The van der Waals surface area contributed by atoms with Crippen molar-refractivity contribution in [3.05, 3.63) is 35.4 Å². The summed E-state index contributed by atoms with van der Waals surface area (Å²) in [6.07, 6.45) is 0.162. The third-order valence-corrected chi connectivity index (χ3v) is 3.13. The number of benzene rings is 1. The highest BCUT2D eigenvalue weighted by atomic mass is 16.2. The minimum absolute atomic E-state index is 0.162. The van der Waals surface area contributed by atoms with Crippen LogP contribution in [0, 0.1) is 0 Å². The molecule has 0 aromatic heterocycles. The van der Waals surface area contributed by atoms with E-state index in [0.29, 0.717) is 17.7 Å². The van der Waals surface area contributed by atoms with Crippen molar-refractivity contribution < 1.29 is 14.4 Å². The van der Waals surface area contributed by atoms with Crippen LogP contribution in [0.5, 0.6) is 0 Å². The zero-order chi connectivity index (χ0) is 13.3. The molecule has 1 heterocycles. The predicted molar refractivity (Wildman–Crippen MR) is 64.7 cm³/mol. The number of nitrogens with two attached hydrogens (primary N) is 1. The van der Waals surface area contributed by atoms with Gasteiger partial charge in [-0.25, -0.2) is 0 Å². The standard InChI is InChI=1S/C13H14N2O3/c1-2-15-11(16)7-10(13(15)18)8-4-3-5-9(6-8)12(14)17/h3-6,10H,2,7H2,1H3,(H2,14,17). The summed E-state index contributed by atoms with van der Waals surface area (Å²) in [7, 11) is 0. The second kappa shape index (κ2) is 4.60. The Hall–Kier alpha value is -2.17. The van der Waals surface area contributed by atoms with Crippen molar-refractivity contribution >= 4 is 17.7 Å². The summed E-state index contributed by atoms with van der Waals surface area (Å²) >= 11 is 0. The Balaban J connectivity index is 2.33. The number of hydrogen-bond donors (Lipinski definition) is 1. The molecule has 0 spiro atoms. The number of primary amides is 1. The minimum atomic E-state index is -0.541. The second-order valence-electron chi connectivity index (χ2n) is 4.22. The summed E-state index contributed by atoms with van der Waals surface area (Å²) in [5, 5.41) is 0. The van der Waals surface area contributed by atoms with Crippen molar-refractivity contribution in [1.29, 1.82) is 0 Å². The molecule has 0 radical (unpaired) electrons. The molecule has 1 aromatic rings. The number of carbonyl (C=O) groups excluding carboxylic acids is 3. The lowest BCUT2D eigenvalue weighted by atomic mass is 9.96. The van der Waals surface area contributed by atoms with E-state index in [1.807, 2.05) is 0 Å². The van der Waals surface area contributed by atoms with Crippen LogP contribution in [-0.4, -0.2) is 29.2 Å². The van der Waals surface area contributed by atoms with Gasteiger partial charge in [-0.1, -0.05) is 12.1 Å². The van der Waals surface area contributed by atoms with E-state index in [1.165, 1.54) is 4.90 Å². The number of rotatable bonds is 3. The maximum absolute atomic E-state index is 12.0. The first-order valence-corrected chi connectivity index (χ1v) is 5.78. The Labute approximate surface area is 105 Å². The molecule has 1 aliphatic heterocycles. The molecule has 1 aliphatic rings. The van der Waals surface area contributed by atoms with Gasteiger partial charge in [0.25, 0.3) is 0 Å². The van der Waals surface area contributed by atoms with Gasteiger partial charge in [-0.15, -0.1) is 0 Å². The van der Waals surface area contributed by atoms with Gasteiger partial charge in [-0.3, -0.25) is 19.3 Å². The smallest absolute Gasteiger partial charge is 0.248 e. The van der Waals surface area contributed by atoms with E-state index >= 15 is 0 Å². The largest absolute Gasteiger partial charge is 0.366 e. The fourth-order valence-electron chi connectivity index (χ4n) is 2.18. The van der Waals surface area contributed by atoms with Crippen LogP contribution in [0.2, 0.25) is 0 Å². The lowest BCUT2D eigenvalue weighted by Crippen LogP contribution is -2.29. The summed E-state index contributed by atoms with van der Waals surface area (Å²) in [6.45, 7) is 2.14. The fourth-order valence-corrected chi connectivity index (χ4v) is 2.18. The Kier molecular flexibility index (Phi) is 3.14. The van der Waals surface area contributed by atoms with Gasteiger partial charge in [-0.2, -0.15) is 0 Å². The molecule has 1 aromatic carbocycles. The van der Waals surface area contributed by atoms with Crippen molar-refractivity contribution in [2.24, 2.45) is 5.73 Å². The van der Waals surface area contributed by atoms with E-state index in [2.05, 4.69) is 0 Å². The monoisotopic (exact) mass is 246 g/mol. The van der Waals surface area contributed by atoms with Gasteiger partial charge in [0, 0.05) is 18.5 Å². The maximum Gasteiger partial charge on any atom is 0.248 e. The van der Waals surface area contributed by atoms with Crippen LogP contribution in [0.4, 0.5) is 0 Å². The molecule has 18 heavy (non-hydrogen) atoms. The van der Waals surface area contributed by atoms with Crippen LogP contribution >= 0.6 is 0 Å². The second-order valence-corrected chi connectivity index (χ2v) is 4.22. The molecule has 0 saturated carbocycles. The molecule has 1 fully saturated rings. The van der Waals surface area contributed by atoms with Crippen LogP contribution < -0.4 is 5.73 Å². The van der Waals surface area contributed by atoms with E-state index < -0.39 is 11.8 Å². The van der Waals surface area contributed by atoms with Gasteiger partial charge >= 0.3 is 0 Å². The normalized spacial score (nSPS) is 19.4. The average Bonchev–Trinajstić information content (AvgIpc) is 2.64. The summed E-state index contributed by atoms with van der Waals surface area (Å²) in [5.74, 6) is -1.40. The zero-order valence-electron chi connectivity index (χ0n) is 10.1. The molecular formula is C13H14N2O3. The molecule has 1 saturated heterocycles.